The lowest BCUT2D eigenvalue weighted by molar-refractivity contribution is -0.155. The molecule has 12 nitrogen and oxygen atoms in total. The Morgan fingerprint density at radius 3 is 2.84 bits per heavy atom. The zero-order chi connectivity index (χ0) is 23.0. The van der Waals surface area contributed by atoms with Crippen molar-refractivity contribution in [1.29, 1.82) is 0 Å². The van der Waals surface area contributed by atoms with Crippen molar-refractivity contribution < 1.29 is 24.7 Å². The number of hydrogen-bond donors (Lipinski definition) is 4. The van der Waals surface area contributed by atoms with E-state index in [2.05, 4.69) is 25.0 Å². The van der Waals surface area contributed by atoms with Gasteiger partial charge >= 0.3 is 5.97 Å². The molecule has 2 aliphatic heterocycles. The molecule has 0 bridgehead atoms. The molecule has 15 heteroatoms. The summed E-state index contributed by atoms with van der Waals surface area (Å²) in [5, 5.41) is 29.8. The van der Waals surface area contributed by atoms with Crippen LogP contribution in [0.3, 0.4) is 0 Å². The number of thioether (sulfide) groups is 1. The molecule has 32 heavy (non-hydrogen) atoms. The first kappa shape index (κ1) is 22.2. The van der Waals surface area contributed by atoms with Crippen LogP contribution in [0.5, 0.6) is 0 Å². The van der Waals surface area contributed by atoms with Gasteiger partial charge in [-0.1, -0.05) is 15.7 Å². The number of anilines is 1. The molecule has 2 amide bonds. The van der Waals surface area contributed by atoms with Gasteiger partial charge in [-0.25, -0.2) is 4.98 Å². The summed E-state index contributed by atoms with van der Waals surface area (Å²) in [7, 11) is 0. The summed E-state index contributed by atoms with van der Waals surface area (Å²) in [6, 6.07) is -0.871. The maximum Gasteiger partial charge on any atom is 0.316 e. The van der Waals surface area contributed by atoms with Crippen LogP contribution in [0.25, 0.3) is 6.08 Å². The zero-order valence-corrected chi connectivity index (χ0v) is 18.9. The maximum atomic E-state index is 12.7. The molecule has 2 saturated heterocycles. The molecule has 5 N–H and O–H groups in total. The molecule has 168 valence electrons. The van der Waals surface area contributed by atoms with Crippen molar-refractivity contribution in [3.05, 3.63) is 27.7 Å². The average Bonchev–Trinajstić information content (AvgIpc) is 3.38. The van der Waals surface area contributed by atoms with Crippen LogP contribution in [0.2, 0.25) is 0 Å². The Bertz CT molecular complexity index is 1150. The lowest BCUT2D eigenvalue weighted by atomic mass is 9.86. The second-order valence-electron chi connectivity index (χ2n) is 7.16. The van der Waals surface area contributed by atoms with Crippen molar-refractivity contribution in [2.75, 3.05) is 18.0 Å². The summed E-state index contributed by atoms with van der Waals surface area (Å²) in [5.41, 5.74) is 4.70. The van der Waals surface area contributed by atoms with Crippen molar-refractivity contribution in [3.8, 4) is 0 Å². The van der Waals surface area contributed by atoms with Crippen molar-refractivity contribution in [2.24, 2.45) is 10.6 Å². The van der Waals surface area contributed by atoms with Gasteiger partial charge in [-0.2, -0.15) is 0 Å². The van der Waals surface area contributed by atoms with Crippen LogP contribution in [0, 0.1) is 12.3 Å². The fourth-order valence-electron chi connectivity index (χ4n) is 3.34. The molecule has 4 rings (SSSR count). The van der Waals surface area contributed by atoms with Gasteiger partial charge in [0, 0.05) is 17.7 Å². The topological polar surface area (TPSA) is 184 Å². The molecule has 0 saturated carbocycles. The number of amides is 2. The number of nitrogens with two attached hydrogens (primary N) is 1. The number of oxime groups is 1. The molecule has 2 aromatic rings. The minimum absolute atomic E-state index is 0.0312. The Morgan fingerprint density at radius 2 is 2.25 bits per heavy atom. The Labute approximate surface area is 193 Å². The number of nitrogens with zero attached hydrogens (tertiary/aromatic N) is 5. The van der Waals surface area contributed by atoms with Crippen molar-refractivity contribution in [2.45, 2.75) is 18.3 Å². The van der Waals surface area contributed by atoms with E-state index >= 15 is 0 Å². The predicted octanol–water partition coefficient (Wildman–Crippen LogP) is 0.248. The van der Waals surface area contributed by atoms with E-state index in [0.29, 0.717) is 5.69 Å². The Kier molecular flexibility index (Phi) is 5.87. The highest BCUT2D eigenvalue weighted by atomic mass is 32.2. The third-order valence-corrected chi connectivity index (χ3v) is 8.15. The highest BCUT2D eigenvalue weighted by Crippen LogP contribution is 2.43. The summed E-state index contributed by atoms with van der Waals surface area (Å²) in [4.78, 5) is 43.4. The molecule has 0 aliphatic carbocycles. The number of carbonyl (C=O) groups is 3. The van der Waals surface area contributed by atoms with Crippen LogP contribution in [-0.2, 0) is 14.4 Å². The van der Waals surface area contributed by atoms with Gasteiger partial charge in [0.2, 0.25) is 5.91 Å². The van der Waals surface area contributed by atoms with Gasteiger partial charge in [0.15, 0.2) is 10.8 Å². The fourth-order valence-corrected chi connectivity index (χ4v) is 5.96. The third kappa shape index (κ3) is 3.82. The predicted molar refractivity (Wildman–Crippen MR) is 118 cm³/mol. The van der Waals surface area contributed by atoms with Crippen LogP contribution < -0.4 is 11.1 Å². The SMILES string of the molecule is Cc1nnsc1C=CC1(C(=O)O)CS[C@@H]2C(NC(=O)C(=NO)c3csc(N)n3)C(=O)N2C1. The number of carbonyl (C=O) groups excluding carboxylic acids is 2. The van der Waals surface area contributed by atoms with Crippen LogP contribution >= 0.6 is 34.6 Å². The number of nitrogens with one attached hydrogen (secondary N) is 1. The van der Waals surface area contributed by atoms with Crippen LogP contribution in [0.15, 0.2) is 16.6 Å². The molecule has 2 aliphatic rings. The molecular weight excluding hydrogens is 478 g/mol. The van der Waals surface area contributed by atoms with Gasteiger partial charge in [-0.05, 0) is 24.5 Å². The number of thiazole rings is 1. The van der Waals surface area contributed by atoms with E-state index in [1.165, 1.54) is 22.0 Å². The number of fused-ring (bicyclic) bond motifs is 1. The van der Waals surface area contributed by atoms with Crippen molar-refractivity contribution in [3.63, 3.8) is 0 Å². The molecule has 2 unspecified atom stereocenters. The number of β-lactam (4-membered cyclic amide) rings is 1. The summed E-state index contributed by atoms with van der Waals surface area (Å²) >= 11 is 3.49. The maximum absolute atomic E-state index is 12.7. The Morgan fingerprint density at radius 1 is 1.47 bits per heavy atom. The van der Waals surface area contributed by atoms with Gasteiger partial charge in [-0.3, -0.25) is 14.4 Å². The second kappa shape index (κ2) is 8.48. The van der Waals surface area contributed by atoms with Gasteiger partial charge in [-0.15, -0.1) is 28.2 Å². The second-order valence-corrected chi connectivity index (χ2v) is 9.94. The highest BCUT2D eigenvalue weighted by Gasteiger charge is 2.56. The molecule has 0 radical (unpaired) electrons. The number of carboxylic acids is 1. The lowest BCUT2D eigenvalue weighted by Gasteiger charge is -2.53. The van der Waals surface area contributed by atoms with E-state index in [9.17, 15) is 24.7 Å². The van der Waals surface area contributed by atoms with E-state index in [1.54, 1.807) is 19.1 Å². The van der Waals surface area contributed by atoms with Gasteiger partial charge in [0.1, 0.15) is 22.5 Å². The highest BCUT2D eigenvalue weighted by molar-refractivity contribution is 8.00. The first-order chi connectivity index (χ1) is 15.3. The molecule has 2 fully saturated rings. The third-order valence-electron chi connectivity index (χ3n) is 5.14. The standard InChI is InChI=1S/C17H17N7O5S3/c1-7-9(32-23-21-7)2-3-17(15(27)28)5-24-13(26)11(14(24)31-6-17)20-12(25)10(22-29)8-4-30-16(18)19-8/h2-4,11,14,29H,5-6H2,1H3,(H2,18,19)(H,20,25)(H,27,28)/t11?,14-,17?/m1/s1. The fraction of sp³-hybridized carbons (Fsp3) is 0.353. The number of rotatable bonds is 6. The van der Waals surface area contributed by atoms with E-state index < -0.39 is 34.6 Å². The Balaban J connectivity index is 1.46. The van der Waals surface area contributed by atoms with E-state index in [0.717, 1.165) is 27.7 Å². The van der Waals surface area contributed by atoms with Crippen molar-refractivity contribution >= 4 is 69.3 Å². The van der Waals surface area contributed by atoms with E-state index in [1.807, 2.05) is 0 Å². The largest absolute Gasteiger partial charge is 0.481 e. The number of aromatic nitrogens is 3. The van der Waals surface area contributed by atoms with Crippen LogP contribution in [-0.4, -0.2) is 77.0 Å². The molecule has 4 heterocycles. The normalized spacial score (nSPS) is 25.5. The average molecular weight is 496 g/mol. The zero-order valence-electron chi connectivity index (χ0n) is 16.5. The number of aliphatic carboxylic acids is 1. The van der Waals surface area contributed by atoms with E-state index in [4.69, 9.17) is 5.73 Å². The number of carboxylic acid groups (broad SMARTS) is 1. The molecule has 0 aromatic carbocycles. The summed E-state index contributed by atoms with van der Waals surface area (Å²) in [6.07, 6.45) is 3.24. The van der Waals surface area contributed by atoms with Gasteiger partial charge in [0.05, 0.1) is 10.6 Å². The number of hydrogen-bond acceptors (Lipinski definition) is 12. The minimum atomic E-state index is -1.28. The first-order valence-corrected chi connectivity index (χ1v) is 11.8. The molecular formula is C17H17N7O5S3. The van der Waals surface area contributed by atoms with Crippen LogP contribution in [0.1, 0.15) is 16.3 Å². The lowest BCUT2D eigenvalue weighted by Crippen LogP contribution is -2.73. The smallest absolute Gasteiger partial charge is 0.316 e. The first-order valence-electron chi connectivity index (χ1n) is 9.14. The number of nitrogen functional groups attached to an aromatic ring is 1. The van der Waals surface area contributed by atoms with Gasteiger partial charge in [0.25, 0.3) is 5.91 Å². The minimum Gasteiger partial charge on any atom is -0.481 e. The summed E-state index contributed by atoms with van der Waals surface area (Å²) in [5.74, 6) is -2.04. The molecule has 0 spiro atoms. The van der Waals surface area contributed by atoms with Crippen molar-refractivity contribution in [1.82, 2.24) is 24.8 Å². The summed E-state index contributed by atoms with van der Waals surface area (Å²) < 4.78 is 3.83. The molecule has 3 atom stereocenters. The van der Waals surface area contributed by atoms with Gasteiger partial charge < -0.3 is 26.3 Å². The quantitative estimate of drug-likeness (QED) is 0.187. The Hall–Kier alpha value is -3.04. The molecule has 2 aromatic heterocycles. The van der Waals surface area contributed by atoms with Crippen LogP contribution in [0.4, 0.5) is 5.13 Å². The monoisotopic (exact) mass is 495 g/mol. The summed E-state index contributed by atoms with van der Waals surface area (Å²) in [6.45, 7) is 1.74. The van der Waals surface area contributed by atoms with E-state index in [-0.39, 0.29) is 28.8 Å². The number of aryl methyl sites for hydroxylation is 1.